The van der Waals surface area contributed by atoms with Crippen LogP contribution >= 0.6 is 0 Å². The van der Waals surface area contributed by atoms with Crippen LogP contribution in [-0.4, -0.2) is 36.2 Å². The number of nitrogens with one attached hydrogen (secondary N) is 1. The molecule has 3 nitrogen and oxygen atoms in total. The highest BCUT2D eigenvalue weighted by molar-refractivity contribution is 4.93. The number of unbranched alkanes of at least 4 members (excludes halogenated alkanes) is 2. The van der Waals surface area contributed by atoms with Crippen molar-refractivity contribution in [3.63, 3.8) is 0 Å². The van der Waals surface area contributed by atoms with E-state index in [0.717, 1.165) is 24.9 Å². The monoisotopic (exact) mass is 339 g/mol. The Hall–Kier alpha value is -0.120. The molecular formula is C21H45N3. The second kappa shape index (κ2) is 11.5. The minimum absolute atomic E-state index is 0.0926. The van der Waals surface area contributed by atoms with Crippen molar-refractivity contribution in [2.24, 2.45) is 17.6 Å². The summed E-state index contributed by atoms with van der Waals surface area (Å²) in [7, 11) is 0. The highest BCUT2D eigenvalue weighted by atomic mass is 15.3. The van der Waals surface area contributed by atoms with Crippen molar-refractivity contribution in [2.75, 3.05) is 19.6 Å². The van der Waals surface area contributed by atoms with E-state index in [2.05, 4.69) is 44.8 Å². The molecular weight excluding hydrogens is 294 g/mol. The molecule has 1 heterocycles. The van der Waals surface area contributed by atoms with Gasteiger partial charge in [-0.1, -0.05) is 72.6 Å². The van der Waals surface area contributed by atoms with E-state index in [1.807, 2.05) is 0 Å². The molecule has 1 fully saturated rings. The summed E-state index contributed by atoms with van der Waals surface area (Å²) in [5.41, 5.74) is 6.39. The molecule has 0 aromatic carbocycles. The summed E-state index contributed by atoms with van der Waals surface area (Å²) in [5, 5.41) is 3.79. The molecule has 1 saturated heterocycles. The van der Waals surface area contributed by atoms with Crippen LogP contribution in [-0.2, 0) is 0 Å². The summed E-state index contributed by atoms with van der Waals surface area (Å²) in [5.74, 6) is 1.67. The van der Waals surface area contributed by atoms with Crippen LogP contribution in [0.15, 0.2) is 0 Å². The summed E-state index contributed by atoms with van der Waals surface area (Å²) < 4.78 is 0. The first kappa shape index (κ1) is 21.9. The number of rotatable bonds is 12. The smallest absolute Gasteiger partial charge is 0.0601 e. The van der Waals surface area contributed by atoms with Crippen molar-refractivity contribution in [3.8, 4) is 0 Å². The van der Waals surface area contributed by atoms with Gasteiger partial charge in [0.1, 0.15) is 0 Å². The molecule has 0 saturated carbocycles. The first-order valence-corrected chi connectivity index (χ1v) is 10.7. The second-order valence-corrected chi connectivity index (χ2v) is 8.55. The van der Waals surface area contributed by atoms with E-state index < -0.39 is 0 Å². The lowest BCUT2D eigenvalue weighted by atomic mass is 9.90. The van der Waals surface area contributed by atoms with E-state index in [1.165, 1.54) is 64.3 Å². The Morgan fingerprint density at radius 3 is 2.17 bits per heavy atom. The van der Waals surface area contributed by atoms with Crippen LogP contribution in [0.25, 0.3) is 0 Å². The van der Waals surface area contributed by atoms with Gasteiger partial charge >= 0.3 is 0 Å². The Balaban J connectivity index is 2.67. The highest BCUT2D eigenvalue weighted by Gasteiger charge is 2.34. The Labute approximate surface area is 152 Å². The summed E-state index contributed by atoms with van der Waals surface area (Å²) in [6, 6.07) is 0. The summed E-state index contributed by atoms with van der Waals surface area (Å²) in [6.45, 7) is 14.7. The largest absolute Gasteiger partial charge is 0.323 e. The third-order valence-electron chi connectivity index (χ3n) is 5.88. The van der Waals surface area contributed by atoms with E-state index in [9.17, 15) is 0 Å². The number of nitrogens with two attached hydrogens (primary N) is 1. The van der Waals surface area contributed by atoms with Crippen molar-refractivity contribution in [3.05, 3.63) is 0 Å². The molecule has 0 spiro atoms. The lowest BCUT2D eigenvalue weighted by Gasteiger charge is -2.46. The molecule has 1 aliphatic rings. The maximum atomic E-state index is 6.49. The molecule has 144 valence electrons. The SMILES string of the molecule is CCCCC(CC)CC1NCC(C)(N)CN1CC(CC)CCCC. The van der Waals surface area contributed by atoms with Gasteiger partial charge < -0.3 is 5.73 Å². The van der Waals surface area contributed by atoms with E-state index in [0.29, 0.717) is 6.17 Å². The van der Waals surface area contributed by atoms with Gasteiger partial charge in [-0.25, -0.2) is 0 Å². The van der Waals surface area contributed by atoms with Crippen LogP contribution in [0.1, 0.15) is 92.4 Å². The zero-order valence-corrected chi connectivity index (χ0v) is 17.2. The summed E-state index contributed by atoms with van der Waals surface area (Å²) in [4.78, 5) is 2.68. The van der Waals surface area contributed by atoms with Crippen LogP contribution in [0.3, 0.4) is 0 Å². The van der Waals surface area contributed by atoms with Gasteiger partial charge in [-0.3, -0.25) is 10.2 Å². The van der Waals surface area contributed by atoms with Crippen molar-refractivity contribution < 1.29 is 0 Å². The molecule has 3 heteroatoms. The van der Waals surface area contributed by atoms with Gasteiger partial charge in [0.25, 0.3) is 0 Å². The zero-order valence-electron chi connectivity index (χ0n) is 17.2. The standard InChI is InChI=1S/C21H45N3/c1-6-10-12-18(8-3)14-20-23-16-21(5,22)17-24(20)15-19(9-4)13-11-7-2/h18-20,23H,6-17,22H2,1-5H3. The highest BCUT2D eigenvalue weighted by Crippen LogP contribution is 2.25. The lowest BCUT2D eigenvalue weighted by Crippen LogP contribution is -2.66. The van der Waals surface area contributed by atoms with E-state index in [-0.39, 0.29) is 5.54 Å². The summed E-state index contributed by atoms with van der Waals surface area (Å²) >= 11 is 0. The number of nitrogens with zero attached hydrogens (tertiary/aromatic N) is 1. The van der Waals surface area contributed by atoms with Gasteiger partial charge in [-0.2, -0.15) is 0 Å². The molecule has 1 rings (SSSR count). The molecule has 0 aliphatic carbocycles. The Bertz CT molecular complexity index is 316. The lowest BCUT2D eigenvalue weighted by molar-refractivity contribution is 0.0502. The van der Waals surface area contributed by atoms with Gasteiger partial charge in [0.15, 0.2) is 0 Å². The Kier molecular flexibility index (Phi) is 10.5. The normalized spacial score (nSPS) is 28.0. The Morgan fingerprint density at radius 2 is 1.62 bits per heavy atom. The second-order valence-electron chi connectivity index (χ2n) is 8.55. The van der Waals surface area contributed by atoms with Crippen LogP contribution in [0.4, 0.5) is 0 Å². The minimum atomic E-state index is -0.0926. The molecule has 0 aromatic heterocycles. The van der Waals surface area contributed by atoms with Crippen molar-refractivity contribution in [2.45, 2.75) is 104 Å². The average molecular weight is 340 g/mol. The average Bonchev–Trinajstić information content (AvgIpc) is 2.56. The maximum absolute atomic E-state index is 6.49. The predicted octanol–water partition coefficient (Wildman–Crippen LogP) is 4.76. The first-order chi connectivity index (χ1) is 11.5. The number of hydrogen-bond donors (Lipinski definition) is 2. The topological polar surface area (TPSA) is 41.3 Å². The maximum Gasteiger partial charge on any atom is 0.0601 e. The van der Waals surface area contributed by atoms with Crippen molar-refractivity contribution >= 4 is 0 Å². The van der Waals surface area contributed by atoms with Crippen LogP contribution < -0.4 is 11.1 Å². The fraction of sp³-hybridized carbons (Fsp3) is 1.00. The van der Waals surface area contributed by atoms with Gasteiger partial charge in [-0.15, -0.1) is 0 Å². The van der Waals surface area contributed by atoms with Crippen LogP contribution in [0.5, 0.6) is 0 Å². The fourth-order valence-corrected chi connectivity index (χ4v) is 4.08. The van der Waals surface area contributed by atoms with Gasteiger partial charge in [0.05, 0.1) is 6.17 Å². The fourth-order valence-electron chi connectivity index (χ4n) is 4.08. The first-order valence-electron chi connectivity index (χ1n) is 10.7. The Morgan fingerprint density at radius 1 is 1.04 bits per heavy atom. The van der Waals surface area contributed by atoms with Crippen molar-refractivity contribution in [1.29, 1.82) is 0 Å². The summed E-state index contributed by atoms with van der Waals surface area (Å²) in [6.07, 6.45) is 12.5. The molecule has 0 aromatic rings. The molecule has 0 radical (unpaired) electrons. The minimum Gasteiger partial charge on any atom is -0.323 e. The molecule has 0 amide bonds. The van der Waals surface area contributed by atoms with Gasteiger partial charge in [0, 0.05) is 25.2 Å². The molecule has 3 N–H and O–H groups in total. The molecule has 4 atom stereocenters. The molecule has 0 bridgehead atoms. The third-order valence-corrected chi connectivity index (χ3v) is 5.88. The van der Waals surface area contributed by atoms with E-state index >= 15 is 0 Å². The van der Waals surface area contributed by atoms with Crippen LogP contribution in [0, 0.1) is 11.8 Å². The number of hydrogen-bond acceptors (Lipinski definition) is 3. The predicted molar refractivity (Wildman–Crippen MR) is 107 cm³/mol. The molecule has 24 heavy (non-hydrogen) atoms. The van der Waals surface area contributed by atoms with Gasteiger partial charge in [0.2, 0.25) is 0 Å². The quantitative estimate of drug-likeness (QED) is 0.539. The zero-order chi connectivity index (χ0) is 18.0. The molecule has 4 unspecified atom stereocenters. The van der Waals surface area contributed by atoms with E-state index in [4.69, 9.17) is 5.73 Å². The van der Waals surface area contributed by atoms with Gasteiger partial charge in [-0.05, 0) is 31.6 Å². The third kappa shape index (κ3) is 7.84. The molecule has 1 aliphatic heterocycles. The van der Waals surface area contributed by atoms with E-state index in [1.54, 1.807) is 0 Å². The van der Waals surface area contributed by atoms with Crippen LogP contribution in [0.2, 0.25) is 0 Å². The van der Waals surface area contributed by atoms with Crippen molar-refractivity contribution in [1.82, 2.24) is 10.2 Å².